The summed E-state index contributed by atoms with van der Waals surface area (Å²) in [5.74, 6) is 1.42. The normalized spacial score (nSPS) is 10.2. The van der Waals surface area contributed by atoms with Crippen LogP contribution in [0, 0.1) is 0 Å². The summed E-state index contributed by atoms with van der Waals surface area (Å²) >= 11 is 1.91. The van der Waals surface area contributed by atoms with Crippen molar-refractivity contribution in [3.8, 4) is 0 Å². The second-order valence-corrected chi connectivity index (χ2v) is 4.54. The third kappa shape index (κ3) is 4.88. The quantitative estimate of drug-likeness (QED) is 0.755. The molecule has 1 N–H and O–H groups in total. The number of carbonyl (C=O) groups is 1. The fourth-order valence-corrected chi connectivity index (χ4v) is 2.12. The van der Waals surface area contributed by atoms with Gasteiger partial charge >= 0.3 is 5.97 Å². The molecule has 0 saturated carbocycles. The number of thioether (sulfide) groups is 1. The molecule has 0 fully saturated rings. The van der Waals surface area contributed by atoms with Gasteiger partial charge in [-0.25, -0.2) is 0 Å². The van der Waals surface area contributed by atoms with Crippen LogP contribution in [0.1, 0.15) is 24.5 Å². The van der Waals surface area contributed by atoms with Crippen LogP contribution in [0.4, 0.5) is 0 Å². The molecule has 0 aliphatic rings. The molecule has 82 valence electrons. The predicted octanol–water partition coefficient (Wildman–Crippen LogP) is 2.96. The van der Waals surface area contributed by atoms with E-state index >= 15 is 0 Å². The van der Waals surface area contributed by atoms with Gasteiger partial charge in [0.05, 0.1) is 6.42 Å². The van der Waals surface area contributed by atoms with Gasteiger partial charge in [0.15, 0.2) is 0 Å². The average molecular weight is 224 g/mol. The lowest BCUT2D eigenvalue weighted by atomic mass is 10.1. The fraction of sp³-hybridized carbons (Fsp3) is 0.417. The Morgan fingerprint density at radius 2 is 1.87 bits per heavy atom. The van der Waals surface area contributed by atoms with Gasteiger partial charge in [0, 0.05) is 5.75 Å². The summed E-state index contributed by atoms with van der Waals surface area (Å²) in [6, 6.07) is 7.83. The van der Waals surface area contributed by atoms with Crippen molar-refractivity contribution in [2.45, 2.75) is 25.5 Å². The third-order valence-corrected chi connectivity index (χ3v) is 3.23. The summed E-state index contributed by atoms with van der Waals surface area (Å²) in [6.07, 6.45) is 1.31. The van der Waals surface area contributed by atoms with Crippen LogP contribution in [0.3, 0.4) is 0 Å². The van der Waals surface area contributed by atoms with Crippen molar-refractivity contribution in [3.63, 3.8) is 0 Å². The van der Waals surface area contributed by atoms with E-state index in [1.165, 1.54) is 17.7 Å². The first-order valence-electron chi connectivity index (χ1n) is 5.09. The van der Waals surface area contributed by atoms with E-state index in [9.17, 15) is 4.79 Å². The van der Waals surface area contributed by atoms with Crippen molar-refractivity contribution in [1.82, 2.24) is 0 Å². The van der Waals surface area contributed by atoms with E-state index in [0.717, 1.165) is 11.3 Å². The molecule has 0 atom stereocenters. The van der Waals surface area contributed by atoms with E-state index < -0.39 is 5.97 Å². The molecule has 0 aliphatic carbocycles. The maximum absolute atomic E-state index is 10.5. The molecule has 1 aromatic rings. The van der Waals surface area contributed by atoms with E-state index in [2.05, 4.69) is 6.92 Å². The molecule has 1 aromatic carbocycles. The van der Waals surface area contributed by atoms with Crippen LogP contribution >= 0.6 is 11.8 Å². The van der Waals surface area contributed by atoms with Gasteiger partial charge < -0.3 is 5.11 Å². The highest BCUT2D eigenvalue weighted by Crippen LogP contribution is 2.14. The topological polar surface area (TPSA) is 37.3 Å². The summed E-state index contributed by atoms with van der Waals surface area (Å²) in [7, 11) is 0. The highest BCUT2D eigenvalue weighted by molar-refractivity contribution is 7.98. The Bertz CT molecular complexity index is 306. The van der Waals surface area contributed by atoms with Crippen molar-refractivity contribution in [3.05, 3.63) is 35.4 Å². The first-order valence-corrected chi connectivity index (χ1v) is 6.25. The van der Waals surface area contributed by atoms with Crippen LogP contribution in [0.25, 0.3) is 0 Å². The Kier molecular flexibility index (Phi) is 5.26. The molecule has 0 aromatic heterocycles. The van der Waals surface area contributed by atoms with Crippen LogP contribution in [0.15, 0.2) is 24.3 Å². The maximum Gasteiger partial charge on any atom is 0.307 e. The van der Waals surface area contributed by atoms with Crippen molar-refractivity contribution < 1.29 is 9.90 Å². The van der Waals surface area contributed by atoms with Gasteiger partial charge in [-0.1, -0.05) is 31.2 Å². The number of rotatable bonds is 6. The van der Waals surface area contributed by atoms with Gasteiger partial charge in [-0.05, 0) is 23.3 Å². The first-order chi connectivity index (χ1) is 7.22. The van der Waals surface area contributed by atoms with Gasteiger partial charge in [0.1, 0.15) is 0 Å². The molecule has 2 nitrogen and oxygen atoms in total. The Morgan fingerprint density at radius 1 is 1.27 bits per heavy atom. The van der Waals surface area contributed by atoms with E-state index in [4.69, 9.17) is 5.11 Å². The zero-order valence-corrected chi connectivity index (χ0v) is 9.72. The lowest BCUT2D eigenvalue weighted by Gasteiger charge is -2.02. The molecule has 0 radical (unpaired) electrons. The molecule has 0 amide bonds. The standard InChI is InChI=1S/C12H16O2S/c1-2-7-15-9-11-5-3-10(4-6-11)8-12(13)14/h3-6H,2,7-9H2,1H3,(H,13,14). The second kappa shape index (κ2) is 6.51. The van der Waals surface area contributed by atoms with Crippen molar-refractivity contribution in [1.29, 1.82) is 0 Å². The molecule has 0 aliphatic heterocycles. The van der Waals surface area contributed by atoms with Gasteiger partial charge in [-0.3, -0.25) is 4.79 Å². The van der Waals surface area contributed by atoms with E-state index in [1.54, 1.807) is 0 Å². The van der Waals surface area contributed by atoms with Crippen LogP contribution in [0.5, 0.6) is 0 Å². The highest BCUT2D eigenvalue weighted by Gasteiger charge is 2.00. The minimum absolute atomic E-state index is 0.113. The molecule has 0 bridgehead atoms. The summed E-state index contributed by atoms with van der Waals surface area (Å²) in [6.45, 7) is 2.17. The molecule has 3 heteroatoms. The van der Waals surface area contributed by atoms with Crippen molar-refractivity contribution in [2.75, 3.05) is 5.75 Å². The minimum atomic E-state index is -0.775. The Labute approximate surface area is 94.7 Å². The number of benzene rings is 1. The van der Waals surface area contributed by atoms with Crippen molar-refractivity contribution in [2.24, 2.45) is 0 Å². The molecule has 15 heavy (non-hydrogen) atoms. The van der Waals surface area contributed by atoms with Gasteiger partial charge in [0.2, 0.25) is 0 Å². The maximum atomic E-state index is 10.5. The molecule has 0 heterocycles. The molecular formula is C12H16O2S. The largest absolute Gasteiger partial charge is 0.481 e. The zero-order valence-electron chi connectivity index (χ0n) is 8.90. The number of carboxylic acids is 1. The smallest absolute Gasteiger partial charge is 0.307 e. The molecule has 0 saturated heterocycles. The van der Waals surface area contributed by atoms with E-state index in [0.29, 0.717) is 0 Å². The Hall–Kier alpha value is -0.960. The monoisotopic (exact) mass is 224 g/mol. The lowest BCUT2D eigenvalue weighted by Crippen LogP contribution is -1.99. The second-order valence-electron chi connectivity index (χ2n) is 3.44. The summed E-state index contributed by atoms with van der Waals surface area (Å²) in [4.78, 5) is 10.5. The molecule has 0 spiro atoms. The van der Waals surface area contributed by atoms with Crippen LogP contribution in [-0.2, 0) is 17.0 Å². The van der Waals surface area contributed by atoms with Crippen LogP contribution < -0.4 is 0 Å². The Balaban J connectivity index is 2.45. The third-order valence-electron chi connectivity index (χ3n) is 2.00. The number of hydrogen-bond acceptors (Lipinski definition) is 2. The number of hydrogen-bond donors (Lipinski definition) is 1. The van der Waals surface area contributed by atoms with Crippen molar-refractivity contribution >= 4 is 17.7 Å². The SMILES string of the molecule is CCCSCc1ccc(CC(=O)O)cc1. The van der Waals surface area contributed by atoms with Crippen LogP contribution in [0.2, 0.25) is 0 Å². The van der Waals surface area contributed by atoms with Gasteiger partial charge in [-0.15, -0.1) is 0 Å². The minimum Gasteiger partial charge on any atom is -0.481 e. The van der Waals surface area contributed by atoms with Crippen LogP contribution in [-0.4, -0.2) is 16.8 Å². The Morgan fingerprint density at radius 3 is 2.40 bits per heavy atom. The highest BCUT2D eigenvalue weighted by atomic mass is 32.2. The molecular weight excluding hydrogens is 208 g/mol. The zero-order chi connectivity index (χ0) is 11.1. The summed E-state index contributed by atoms with van der Waals surface area (Å²) in [5.41, 5.74) is 2.13. The fourth-order valence-electron chi connectivity index (χ4n) is 1.26. The molecule has 0 unspecified atom stereocenters. The van der Waals surface area contributed by atoms with Gasteiger partial charge in [-0.2, -0.15) is 11.8 Å². The predicted molar refractivity (Wildman–Crippen MR) is 64.2 cm³/mol. The first kappa shape index (κ1) is 12.1. The molecule has 1 rings (SSSR count). The van der Waals surface area contributed by atoms with E-state index in [1.807, 2.05) is 36.0 Å². The lowest BCUT2D eigenvalue weighted by molar-refractivity contribution is -0.136. The summed E-state index contributed by atoms with van der Waals surface area (Å²) in [5, 5.41) is 8.61. The summed E-state index contributed by atoms with van der Waals surface area (Å²) < 4.78 is 0. The number of carboxylic acid groups (broad SMARTS) is 1. The van der Waals surface area contributed by atoms with E-state index in [-0.39, 0.29) is 6.42 Å². The average Bonchev–Trinajstić information content (AvgIpc) is 2.20. The van der Waals surface area contributed by atoms with Gasteiger partial charge in [0.25, 0.3) is 0 Å². The number of aliphatic carboxylic acids is 1.